The number of methoxy groups -OCH3 is 1. The molecule has 0 radical (unpaired) electrons. The van der Waals surface area contributed by atoms with E-state index in [0.717, 1.165) is 22.4 Å². The Bertz CT molecular complexity index is 888. The van der Waals surface area contributed by atoms with Gasteiger partial charge in [-0.2, -0.15) is 0 Å². The second-order valence-electron chi connectivity index (χ2n) is 5.69. The molecular weight excluding hydrogens is 316 g/mol. The summed E-state index contributed by atoms with van der Waals surface area (Å²) in [5.41, 5.74) is 4.44. The molecule has 0 unspecified atom stereocenters. The van der Waals surface area contributed by atoms with Gasteiger partial charge >= 0.3 is 5.97 Å². The van der Waals surface area contributed by atoms with Crippen molar-refractivity contribution in [3.8, 4) is 22.9 Å². The fraction of sp³-hybridized carbons (Fsp3) is 0.150. The van der Waals surface area contributed by atoms with Crippen LogP contribution in [-0.4, -0.2) is 23.3 Å². The van der Waals surface area contributed by atoms with Crippen LogP contribution in [0.15, 0.2) is 54.6 Å². The van der Waals surface area contributed by atoms with Crippen LogP contribution in [-0.2, 0) is 0 Å². The highest BCUT2D eigenvalue weighted by molar-refractivity contribution is 5.91. The van der Waals surface area contributed by atoms with Crippen LogP contribution in [0.2, 0.25) is 0 Å². The van der Waals surface area contributed by atoms with Crippen LogP contribution in [0.25, 0.3) is 11.3 Å². The van der Waals surface area contributed by atoms with E-state index < -0.39 is 5.97 Å². The number of ether oxygens (including phenoxy) is 2. The van der Waals surface area contributed by atoms with Crippen LogP contribution in [0.3, 0.4) is 0 Å². The minimum atomic E-state index is -0.489. The molecule has 0 fully saturated rings. The van der Waals surface area contributed by atoms with Gasteiger partial charge in [-0.15, -0.1) is 10.2 Å². The van der Waals surface area contributed by atoms with E-state index in [2.05, 4.69) is 22.3 Å². The molecule has 1 aromatic heterocycles. The van der Waals surface area contributed by atoms with E-state index in [1.54, 1.807) is 43.5 Å². The molecule has 3 rings (SSSR count). The summed E-state index contributed by atoms with van der Waals surface area (Å²) in [6.07, 6.45) is 0. The zero-order valence-corrected chi connectivity index (χ0v) is 14.3. The standard InChI is InChI=1S/C20H18N2O3/c1-13-4-5-14(2)17(12-13)18-10-11-19(22-21-18)25-20(23)15-6-8-16(24-3)9-7-15/h4-12H,1-3H3. The number of hydrogen-bond donors (Lipinski definition) is 0. The summed E-state index contributed by atoms with van der Waals surface area (Å²) in [4.78, 5) is 12.1. The highest BCUT2D eigenvalue weighted by Gasteiger charge is 2.11. The molecule has 0 spiro atoms. The van der Waals surface area contributed by atoms with Crippen molar-refractivity contribution in [2.45, 2.75) is 13.8 Å². The van der Waals surface area contributed by atoms with Gasteiger partial charge in [-0.25, -0.2) is 4.79 Å². The van der Waals surface area contributed by atoms with Crippen LogP contribution in [0.1, 0.15) is 21.5 Å². The van der Waals surface area contributed by atoms with Crippen molar-refractivity contribution in [2.24, 2.45) is 0 Å². The second-order valence-corrected chi connectivity index (χ2v) is 5.69. The average molecular weight is 334 g/mol. The number of carbonyl (C=O) groups is 1. The maximum Gasteiger partial charge on any atom is 0.344 e. The smallest absolute Gasteiger partial charge is 0.344 e. The third-order valence-corrected chi connectivity index (χ3v) is 3.83. The van der Waals surface area contributed by atoms with E-state index in [4.69, 9.17) is 9.47 Å². The Morgan fingerprint density at radius 3 is 2.32 bits per heavy atom. The molecule has 5 nitrogen and oxygen atoms in total. The number of rotatable bonds is 4. The van der Waals surface area contributed by atoms with Gasteiger partial charge in [0.1, 0.15) is 5.75 Å². The first-order valence-corrected chi connectivity index (χ1v) is 7.84. The predicted molar refractivity (Wildman–Crippen MR) is 94.9 cm³/mol. The molecule has 0 saturated heterocycles. The summed E-state index contributed by atoms with van der Waals surface area (Å²) in [5, 5.41) is 8.19. The number of aromatic nitrogens is 2. The molecule has 126 valence electrons. The fourth-order valence-electron chi connectivity index (χ4n) is 2.41. The molecule has 0 saturated carbocycles. The first-order valence-electron chi connectivity index (χ1n) is 7.84. The van der Waals surface area contributed by atoms with E-state index in [9.17, 15) is 4.79 Å². The Labute approximate surface area is 146 Å². The molecule has 25 heavy (non-hydrogen) atoms. The topological polar surface area (TPSA) is 61.3 Å². The predicted octanol–water partition coefficient (Wildman–Crippen LogP) is 3.99. The van der Waals surface area contributed by atoms with Gasteiger partial charge in [0.2, 0.25) is 5.88 Å². The van der Waals surface area contributed by atoms with Crippen LogP contribution in [0, 0.1) is 13.8 Å². The quantitative estimate of drug-likeness (QED) is 0.675. The lowest BCUT2D eigenvalue weighted by Gasteiger charge is -2.07. The Morgan fingerprint density at radius 1 is 0.920 bits per heavy atom. The molecule has 0 aliphatic heterocycles. The summed E-state index contributed by atoms with van der Waals surface area (Å²) in [5.74, 6) is 0.348. The van der Waals surface area contributed by atoms with Gasteiger partial charge in [0.15, 0.2) is 0 Å². The maximum absolute atomic E-state index is 12.1. The summed E-state index contributed by atoms with van der Waals surface area (Å²) < 4.78 is 10.3. The normalized spacial score (nSPS) is 10.4. The SMILES string of the molecule is COc1ccc(C(=O)Oc2ccc(-c3cc(C)ccc3C)nn2)cc1. The van der Waals surface area contributed by atoms with Crippen molar-refractivity contribution in [1.29, 1.82) is 0 Å². The monoisotopic (exact) mass is 334 g/mol. The van der Waals surface area contributed by atoms with E-state index in [0.29, 0.717) is 11.3 Å². The van der Waals surface area contributed by atoms with Gasteiger partial charge in [-0.1, -0.05) is 17.7 Å². The van der Waals surface area contributed by atoms with Gasteiger partial charge in [-0.05, 0) is 55.8 Å². The van der Waals surface area contributed by atoms with Crippen molar-refractivity contribution < 1.29 is 14.3 Å². The van der Waals surface area contributed by atoms with E-state index in [-0.39, 0.29) is 5.88 Å². The van der Waals surface area contributed by atoms with Crippen LogP contribution in [0.5, 0.6) is 11.6 Å². The van der Waals surface area contributed by atoms with Crippen molar-refractivity contribution in [2.75, 3.05) is 7.11 Å². The highest BCUT2D eigenvalue weighted by Crippen LogP contribution is 2.23. The van der Waals surface area contributed by atoms with Gasteiger partial charge in [0, 0.05) is 11.6 Å². The van der Waals surface area contributed by atoms with Crippen molar-refractivity contribution in [1.82, 2.24) is 10.2 Å². The zero-order valence-electron chi connectivity index (χ0n) is 14.3. The van der Waals surface area contributed by atoms with Crippen LogP contribution >= 0.6 is 0 Å². The first-order chi connectivity index (χ1) is 12.1. The molecule has 3 aromatic rings. The molecule has 2 aromatic carbocycles. The van der Waals surface area contributed by atoms with Gasteiger partial charge in [0.05, 0.1) is 18.4 Å². The van der Waals surface area contributed by atoms with Crippen molar-refractivity contribution >= 4 is 5.97 Å². The van der Waals surface area contributed by atoms with Crippen molar-refractivity contribution in [3.05, 3.63) is 71.3 Å². The highest BCUT2D eigenvalue weighted by atomic mass is 16.5. The molecule has 0 N–H and O–H groups in total. The fourth-order valence-corrected chi connectivity index (χ4v) is 2.41. The molecule has 0 aliphatic carbocycles. The number of esters is 1. The Morgan fingerprint density at radius 2 is 1.68 bits per heavy atom. The minimum absolute atomic E-state index is 0.162. The number of nitrogens with zero attached hydrogens (tertiary/aromatic N) is 2. The molecule has 0 aliphatic rings. The van der Waals surface area contributed by atoms with E-state index in [1.807, 2.05) is 19.9 Å². The van der Waals surface area contributed by atoms with Crippen LogP contribution in [0.4, 0.5) is 0 Å². The largest absolute Gasteiger partial charge is 0.497 e. The summed E-state index contributed by atoms with van der Waals surface area (Å²) >= 11 is 0. The number of aryl methyl sites for hydroxylation is 2. The molecular formula is C20H18N2O3. The van der Waals surface area contributed by atoms with Crippen LogP contribution < -0.4 is 9.47 Å². The molecule has 0 amide bonds. The summed E-state index contributed by atoms with van der Waals surface area (Å²) in [7, 11) is 1.57. The molecule has 0 bridgehead atoms. The lowest BCUT2D eigenvalue weighted by Crippen LogP contribution is -2.09. The zero-order chi connectivity index (χ0) is 17.8. The minimum Gasteiger partial charge on any atom is -0.497 e. The van der Waals surface area contributed by atoms with E-state index >= 15 is 0 Å². The number of benzene rings is 2. The van der Waals surface area contributed by atoms with Gasteiger partial charge < -0.3 is 9.47 Å². The molecule has 1 heterocycles. The number of hydrogen-bond acceptors (Lipinski definition) is 5. The average Bonchev–Trinajstić information content (AvgIpc) is 2.64. The second kappa shape index (κ2) is 7.13. The van der Waals surface area contributed by atoms with E-state index in [1.165, 1.54) is 0 Å². The third-order valence-electron chi connectivity index (χ3n) is 3.83. The lowest BCUT2D eigenvalue weighted by atomic mass is 10.0. The maximum atomic E-state index is 12.1. The van der Waals surface area contributed by atoms with Crippen molar-refractivity contribution in [3.63, 3.8) is 0 Å². The molecule has 0 atom stereocenters. The lowest BCUT2D eigenvalue weighted by molar-refractivity contribution is 0.0726. The first kappa shape index (κ1) is 16.6. The van der Waals surface area contributed by atoms with Gasteiger partial charge in [0.25, 0.3) is 0 Å². The summed E-state index contributed by atoms with van der Waals surface area (Å²) in [6, 6.07) is 16.3. The number of carbonyl (C=O) groups excluding carboxylic acids is 1. The van der Waals surface area contributed by atoms with Gasteiger partial charge in [-0.3, -0.25) is 0 Å². The molecule has 5 heteroatoms. The summed E-state index contributed by atoms with van der Waals surface area (Å²) in [6.45, 7) is 4.05. The Hall–Kier alpha value is -3.21. The Balaban J connectivity index is 1.76. The third kappa shape index (κ3) is 3.83. The Kier molecular flexibility index (Phi) is 4.75.